The molecule has 2 heteroatoms. The summed E-state index contributed by atoms with van der Waals surface area (Å²) in [5.74, 6) is 0. The van der Waals surface area contributed by atoms with Crippen LogP contribution < -0.4 is 0 Å². The van der Waals surface area contributed by atoms with Crippen LogP contribution in [-0.4, -0.2) is 35.7 Å². The van der Waals surface area contributed by atoms with Crippen molar-refractivity contribution in [1.29, 1.82) is 0 Å². The van der Waals surface area contributed by atoms with Gasteiger partial charge in [-0.2, -0.15) is 0 Å². The van der Waals surface area contributed by atoms with Crippen molar-refractivity contribution >= 4 is 0 Å². The summed E-state index contributed by atoms with van der Waals surface area (Å²) in [6, 6.07) is 0. The molecule has 1 N–H and O–H groups in total. The van der Waals surface area contributed by atoms with E-state index in [9.17, 15) is 5.11 Å². The van der Waals surface area contributed by atoms with E-state index in [-0.39, 0.29) is 6.10 Å². The molecular formula is C16H35NO. The molecule has 18 heavy (non-hydrogen) atoms. The molecule has 0 fully saturated rings. The number of nitrogens with zero attached hydrogens (tertiary/aromatic N) is 1. The number of hydrogen-bond acceptors (Lipinski definition) is 2. The minimum Gasteiger partial charge on any atom is -0.393 e. The Hall–Kier alpha value is -0.0800. The Kier molecular flexibility index (Phi) is 13.3. The van der Waals surface area contributed by atoms with Crippen molar-refractivity contribution in [2.24, 2.45) is 0 Å². The summed E-state index contributed by atoms with van der Waals surface area (Å²) in [5.41, 5.74) is 0. The fraction of sp³-hybridized carbons (Fsp3) is 1.00. The van der Waals surface area contributed by atoms with Gasteiger partial charge in [-0.1, -0.05) is 52.4 Å². The van der Waals surface area contributed by atoms with Crippen LogP contribution in [0, 0.1) is 0 Å². The summed E-state index contributed by atoms with van der Waals surface area (Å²) < 4.78 is 0. The van der Waals surface area contributed by atoms with E-state index in [0.717, 1.165) is 13.0 Å². The van der Waals surface area contributed by atoms with Gasteiger partial charge in [0.1, 0.15) is 0 Å². The largest absolute Gasteiger partial charge is 0.393 e. The highest BCUT2D eigenvalue weighted by molar-refractivity contribution is 4.61. The van der Waals surface area contributed by atoms with Gasteiger partial charge in [0.15, 0.2) is 0 Å². The summed E-state index contributed by atoms with van der Waals surface area (Å²) in [6.45, 7) is 9.92. The average molecular weight is 257 g/mol. The lowest BCUT2D eigenvalue weighted by molar-refractivity contribution is 0.154. The van der Waals surface area contributed by atoms with Crippen LogP contribution in [0.5, 0.6) is 0 Å². The first-order valence-corrected chi connectivity index (χ1v) is 8.11. The molecule has 0 aliphatic heterocycles. The number of hydrogen-bond donors (Lipinski definition) is 1. The van der Waals surface area contributed by atoms with E-state index in [1.54, 1.807) is 0 Å². The minimum absolute atomic E-state index is 0.154. The highest BCUT2D eigenvalue weighted by atomic mass is 16.3. The maximum atomic E-state index is 9.39. The molecule has 1 unspecified atom stereocenters. The van der Waals surface area contributed by atoms with Gasteiger partial charge in [-0.25, -0.2) is 0 Å². The summed E-state index contributed by atoms with van der Waals surface area (Å²) >= 11 is 0. The molecule has 0 aliphatic rings. The molecule has 0 aromatic carbocycles. The molecule has 1 atom stereocenters. The maximum Gasteiger partial charge on any atom is 0.0524 e. The van der Waals surface area contributed by atoms with E-state index < -0.39 is 0 Å². The number of rotatable bonds is 13. The van der Waals surface area contributed by atoms with Crippen LogP contribution in [0.1, 0.15) is 78.6 Å². The molecule has 0 aromatic rings. The Bertz CT molecular complexity index is 147. The topological polar surface area (TPSA) is 23.5 Å². The standard InChI is InChI=1S/C16H35NO/c1-4-6-8-10-13-17(15-12-16(3)18)14-11-9-7-5-2/h16,18H,4-15H2,1-3H3. The van der Waals surface area contributed by atoms with E-state index in [0.29, 0.717) is 0 Å². The van der Waals surface area contributed by atoms with Crippen molar-refractivity contribution in [3.8, 4) is 0 Å². The predicted molar refractivity (Wildman–Crippen MR) is 81.0 cm³/mol. The molecule has 0 bridgehead atoms. The third-order valence-corrected chi connectivity index (χ3v) is 3.52. The average Bonchev–Trinajstić information content (AvgIpc) is 2.35. The Morgan fingerprint density at radius 1 is 0.778 bits per heavy atom. The Morgan fingerprint density at radius 3 is 1.67 bits per heavy atom. The summed E-state index contributed by atoms with van der Waals surface area (Å²) in [7, 11) is 0. The normalized spacial score (nSPS) is 13.2. The Balaban J connectivity index is 3.69. The molecule has 0 rings (SSSR count). The first-order valence-electron chi connectivity index (χ1n) is 8.11. The monoisotopic (exact) mass is 257 g/mol. The lowest BCUT2D eigenvalue weighted by Gasteiger charge is -2.23. The first-order chi connectivity index (χ1) is 8.70. The molecule has 0 saturated carbocycles. The van der Waals surface area contributed by atoms with Gasteiger partial charge in [0.05, 0.1) is 6.10 Å². The highest BCUT2D eigenvalue weighted by Crippen LogP contribution is 2.06. The summed E-state index contributed by atoms with van der Waals surface area (Å²) in [6.07, 6.45) is 11.5. The summed E-state index contributed by atoms with van der Waals surface area (Å²) in [4.78, 5) is 2.55. The summed E-state index contributed by atoms with van der Waals surface area (Å²) in [5, 5.41) is 9.39. The minimum atomic E-state index is -0.154. The third-order valence-electron chi connectivity index (χ3n) is 3.52. The van der Waals surface area contributed by atoms with Crippen molar-refractivity contribution in [3.63, 3.8) is 0 Å². The molecule has 0 heterocycles. The molecule has 2 nitrogen and oxygen atoms in total. The molecule has 0 aromatic heterocycles. The lowest BCUT2D eigenvalue weighted by Crippen LogP contribution is -2.29. The fourth-order valence-electron chi connectivity index (χ4n) is 2.23. The van der Waals surface area contributed by atoms with Crippen LogP contribution in [0.2, 0.25) is 0 Å². The number of unbranched alkanes of at least 4 members (excludes halogenated alkanes) is 6. The van der Waals surface area contributed by atoms with Crippen LogP contribution in [0.25, 0.3) is 0 Å². The second-order valence-corrected chi connectivity index (χ2v) is 5.60. The zero-order chi connectivity index (χ0) is 13.6. The predicted octanol–water partition coefficient (Wildman–Crippen LogP) is 4.22. The van der Waals surface area contributed by atoms with Gasteiger partial charge in [0.2, 0.25) is 0 Å². The highest BCUT2D eigenvalue weighted by Gasteiger charge is 2.06. The van der Waals surface area contributed by atoms with Crippen LogP contribution in [0.3, 0.4) is 0 Å². The van der Waals surface area contributed by atoms with E-state index >= 15 is 0 Å². The fourth-order valence-corrected chi connectivity index (χ4v) is 2.23. The Morgan fingerprint density at radius 2 is 1.28 bits per heavy atom. The zero-order valence-corrected chi connectivity index (χ0v) is 13.0. The van der Waals surface area contributed by atoms with Crippen molar-refractivity contribution in [2.75, 3.05) is 19.6 Å². The number of aliphatic hydroxyl groups is 1. The molecule has 0 spiro atoms. The van der Waals surface area contributed by atoms with E-state index in [1.165, 1.54) is 64.5 Å². The van der Waals surface area contributed by atoms with Gasteiger partial charge in [-0.15, -0.1) is 0 Å². The molecule has 110 valence electrons. The second-order valence-electron chi connectivity index (χ2n) is 5.60. The lowest BCUT2D eigenvalue weighted by atomic mass is 10.1. The van der Waals surface area contributed by atoms with Gasteiger partial charge < -0.3 is 10.0 Å². The van der Waals surface area contributed by atoms with Crippen LogP contribution >= 0.6 is 0 Å². The van der Waals surface area contributed by atoms with E-state index in [4.69, 9.17) is 0 Å². The quantitative estimate of drug-likeness (QED) is 0.499. The van der Waals surface area contributed by atoms with Gasteiger partial charge in [-0.05, 0) is 39.3 Å². The molecule has 0 saturated heterocycles. The van der Waals surface area contributed by atoms with Crippen molar-refractivity contribution < 1.29 is 5.11 Å². The van der Waals surface area contributed by atoms with Crippen molar-refractivity contribution in [2.45, 2.75) is 84.7 Å². The van der Waals surface area contributed by atoms with Crippen molar-refractivity contribution in [3.05, 3.63) is 0 Å². The third kappa shape index (κ3) is 12.4. The number of aliphatic hydroxyl groups excluding tert-OH is 1. The molecule has 0 amide bonds. The molecule has 0 aliphatic carbocycles. The van der Waals surface area contributed by atoms with Gasteiger partial charge in [-0.3, -0.25) is 0 Å². The zero-order valence-electron chi connectivity index (χ0n) is 13.0. The van der Waals surface area contributed by atoms with Crippen LogP contribution in [0.4, 0.5) is 0 Å². The Labute approximate surface area is 115 Å². The maximum absolute atomic E-state index is 9.39. The van der Waals surface area contributed by atoms with Gasteiger partial charge >= 0.3 is 0 Å². The first kappa shape index (κ1) is 17.9. The van der Waals surface area contributed by atoms with Crippen molar-refractivity contribution in [1.82, 2.24) is 4.90 Å². The SMILES string of the molecule is CCCCCCN(CCCCCC)CCC(C)O. The van der Waals surface area contributed by atoms with Gasteiger partial charge in [0.25, 0.3) is 0 Å². The smallest absolute Gasteiger partial charge is 0.0524 e. The van der Waals surface area contributed by atoms with Crippen LogP contribution in [0.15, 0.2) is 0 Å². The van der Waals surface area contributed by atoms with Gasteiger partial charge in [0, 0.05) is 6.54 Å². The van der Waals surface area contributed by atoms with E-state index in [1.807, 2.05) is 6.92 Å². The molecular weight excluding hydrogens is 222 g/mol. The second kappa shape index (κ2) is 13.4. The van der Waals surface area contributed by atoms with Crippen LogP contribution in [-0.2, 0) is 0 Å². The van der Waals surface area contributed by atoms with E-state index in [2.05, 4.69) is 18.7 Å². The molecule has 0 radical (unpaired) electrons.